The van der Waals surface area contributed by atoms with Gasteiger partial charge in [-0.3, -0.25) is 4.79 Å². The van der Waals surface area contributed by atoms with Crippen molar-refractivity contribution in [1.29, 1.82) is 0 Å². The number of carbonyl (C=O) groups excluding carboxylic acids is 1. The number of nitrogens with zero attached hydrogens (tertiary/aromatic N) is 4. The molecule has 0 aliphatic carbocycles. The van der Waals surface area contributed by atoms with Crippen LogP contribution in [0.4, 0.5) is 24.8 Å². The molecule has 11 heteroatoms. The summed E-state index contributed by atoms with van der Waals surface area (Å²) >= 11 is 0. The number of pyridine rings is 1. The number of ether oxygens (including phenoxy) is 1. The predicted octanol–water partition coefficient (Wildman–Crippen LogP) is 3.92. The van der Waals surface area contributed by atoms with Crippen LogP contribution in [0.25, 0.3) is 10.9 Å². The Morgan fingerprint density at radius 2 is 2.00 bits per heavy atom. The van der Waals surface area contributed by atoms with Gasteiger partial charge < -0.3 is 20.3 Å². The number of carbonyl (C=O) groups is 1. The highest BCUT2D eigenvalue weighted by Crippen LogP contribution is 2.31. The van der Waals surface area contributed by atoms with E-state index in [-0.39, 0.29) is 23.4 Å². The fourth-order valence-corrected chi connectivity index (χ4v) is 4.57. The zero-order valence-electron chi connectivity index (χ0n) is 20.0. The van der Waals surface area contributed by atoms with Gasteiger partial charge in [0.1, 0.15) is 23.3 Å². The van der Waals surface area contributed by atoms with E-state index in [1.54, 1.807) is 20.0 Å². The van der Waals surface area contributed by atoms with Crippen molar-refractivity contribution in [3.05, 3.63) is 53.2 Å². The lowest BCUT2D eigenvalue weighted by Crippen LogP contribution is -2.47. The smallest absolute Gasteiger partial charge is 0.266 e. The molecule has 2 aliphatic rings. The minimum Gasteiger partial charge on any atom is -0.380 e. The molecule has 0 radical (unpaired) electrons. The molecule has 0 bridgehead atoms. The fourth-order valence-electron chi connectivity index (χ4n) is 4.57. The van der Waals surface area contributed by atoms with Crippen LogP contribution in [0.1, 0.15) is 42.8 Å². The Balaban J connectivity index is 1.37. The topological polar surface area (TPSA) is 92.3 Å². The molecule has 0 unspecified atom stereocenters. The van der Waals surface area contributed by atoms with E-state index in [0.29, 0.717) is 48.1 Å². The van der Waals surface area contributed by atoms with Crippen molar-refractivity contribution in [3.63, 3.8) is 0 Å². The molecule has 4 heterocycles. The number of rotatable bonds is 7. The summed E-state index contributed by atoms with van der Waals surface area (Å²) in [5, 5.41) is 6.94. The third-order valence-electron chi connectivity index (χ3n) is 6.66. The maximum Gasteiger partial charge on any atom is 0.266 e. The van der Waals surface area contributed by atoms with E-state index in [9.17, 15) is 18.0 Å². The number of fused-ring (bicyclic) bond motifs is 1. The van der Waals surface area contributed by atoms with Gasteiger partial charge in [-0.25, -0.2) is 28.1 Å². The number of benzene rings is 1. The van der Waals surface area contributed by atoms with Crippen LogP contribution < -0.4 is 15.5 Å². The van der Waals surface area contributed by atoms with Crippen molar-refractivity contribution in [3.8, 4) is 0 Å². The zero-order chi connectivity index (χ0) is 25.4. The summed E-state index contributed by atoms with van der Waals surface area (Å²) in [6.07, 6.45) is -0.445. The zero-order valence-corrected chi connectivity index (χ0v) is 20.0. The number of alkyl halides is 2. The SMILES string of the molecule is Cc1nc(N[C@H](C)c2cccc(C(F)F)c2F)c2cc(N3CC[C@@H](NC(=O)C4COC4)C3)ncc2n1. The number of halogens is 3. The molecule has 2 aliphatic heterocycles. The normalized spacial score (nSPS) is 18.9. The average molecular weight is 501 g/mol. The first kappa shape index (κ1) is 24.2. The molecule has 36 heavy (non-hydrogen) atoms. The maximum atomic E-state index is 14.7. The fraction of sp³-hybridized carbons (Fsp3) is 0.440. The van der Waals surface area contributed by atoms with E-state index >= 15 is 0 Å². The standard InChI is InChI=1S/C25H27F3N6O2/c1-13(17-4-3-5-18(22(17)26)23(27)28)30-24-19-8-21(29-9-20(19)31-14(2)32-24)34-7-6-16(10-34)33-25(35)15-11-36-12-15/h3-5,8-9,13,15-16,23H,6-7,10-12H2,1-2H3,(H,33,35)(H,30,31,32)/t13-,16-/m1/s1. The predicted molar refractivity (Wildman–Crippen MR) is 129 cm³/mol. The first-order chi connectivity index (χ1) is 17.3. The highest BCUT2D eigenvalue weighted by atomic mass is 19.3. The quantitative estimate of drug-likeness (QED) is 0.508. The van der Waals surface area contributed by atoms with Crippen molar-refractivity contribution in [2.75, 3.05) is 36.5 Å². The lowest BCUT2D eigenvalue weighted by Gasteiger charge is -2.26. The lowest BCUT2D eigenvalue weighted by atomic mass is 10.0. The van der Waals surface area contributed by atoms with Crippen LogP contribution in [0.5, 0.6) is 0 Å². The Labute approximate surface area is 206 Å². The van der Waals surface area contributed by atoms with Crippen LogP contribution in [0.15, 0.2) is 30.5 Å². The Morgan fingerprint density at radius 1 is 1.22 bits per heavy atom. The van der Waals surface area contributed by atoms with Gasteiger partial charge in [-0.2, -0.15) is 0 Å². The molecule has 2 saturated heterocycles. The van der Waals surface area contributed by atoms with E-state index in [0.717, 1.165) is 19.0 Å². The molecule has 2 N–H and O–H groups in total. The summed E-state index contributed by atoms with van der Waals surface area (Å²) in [4.78, 5) is 27.9. The molecule has 2 aromatic heterocycles. The lowest BCUT2D eigenvalue weighted by molar-refractivity contribution is -0.139. The highest BCUT2D eigenvalue weighted by molar-refractivity contribution is 5.90. The summed E-state index contributed by atoms with van der Waals surface area (Å²) in [5.41, 5.74) is 0.107. The molecule has 0 spiro atoms. The largest absolute Gasteiger partial charge is 0.380 e. The maximum absolute atomic E-state index is 14.7. The second-order valence-electron chi connectivity index (χ2n) is 9.27. The number of hydrogen-bond acceptors (Lipinski definition) is 7. The van der Waals surface area contributed by atoms with Crippen LogP contribution in [-0.4, -0.2) is 53.2 Å². The molecular formula is C25H27F3N6O2. The number of anilines is 2. The van der Waals surface area contributed by atoms with Crippen LogP contribution >= 0.6 is 0 Å². The van der Waals surface area contributed by atoms with Gasteiger partial charge in [0.15, 0.2) is 0 Å². The van der Waals surface area contributed by atoms with Gasteiger partial charge in [0.05, 0.1) is 42.5 Å². The number of hydrogen-bond donors (Lipinski definition) is 2. The number of aryl methyl sites for hydroxylation is 1. The molecule has 5 rings (SSSR count). The minimum atomic E-state index is -2.90. The number of amides is 1. The van der Waals surface area contributed by atoms with Gasteiger partial charge in [0.2, 0.25) is 5.91 Å². The molecular weight excluding hydrogens is 473 g/mol. The Morgan fingerprint density at radius 3 is 2.72 bits per heavy atom. The molecule has 2 atom stereocenters. The van der Waals surface area contributed by atoms with Crippen LogP contribution in [0.3, 0.4) is 0 Å². The molecule has 0 saturated carbocycles. The molecule has 1 aromatic carbocycles. The van der Waals surface area contributed by atoms with Crippen LogP contribution in [0.2, 0.25) is 0 Å². The van der Waals surface area contributed by atoms with Crippen molar-refractivity contribution in [1.82, 2.24) is 20.3 Å². The van der Waals surface area contributed by atoms with E-state index in [2.05, 4.69) is 30.5 Å². The molecule has 8 nitrogen and oxygen atoms in total. The highest BCUT2D eigenvalue weighted by Gasteiger charge is 2.31. The van der Waals surface area contributed by atoms with E-state index < -0.39 is 23.8 Å². The Kier molecular flexibility index (Phi) is 6.65. The first-order valence-corrected chi connectivity index (χ1v) is 11.9. The third-order valence-corrected chi connectivity index (χ3v) is 6.66. The number of nitrogens with one attached hydrogen (secondary N) is 2. The van der Waals surface area contributed by atoms with Crippen LogP contribution in [0, 0.1) is 18.7 Å². The second-order valence-corrected chi connectivity index (χ2v) is 9.27. The molecule has 190 valence electrons. The van der Waals surface area contributed by atoms with Gasteiger partial charge in [0.25, 0.3) is 6.43 Å². The molecule has 3 aromatic rings. The molecule has 1 amide bonds. The minimum absolute atomic E-state index is 0.0204. The van der Waals surface area contributed by atoms with Crippen LogP contribution in [-0.2, 0) is 9.53 Å². The van der Waals surface area contributed by atoms with Crippen molar-refractivity contribution in [2.24, 2.45) is 5.92 Å². The molecule has 2 fully saturated rings. The Hall–Kier alpha value is -3.47. The van der Waals surface area contributed by atoms with Crippen molar-refractivity contribution < 1.29 is 22.7 Å². The van der Waals surface area contributed by atoms with Crippen molar-refractivity contribution >= 4 is 28.4 Å². The van der Waals surface area contributed by atoms with Crippen molar-refractivity contribution in [2.45, 2.75) is 38.8 Å². The summed E-state index contributed by atoms with van der Waals surface area (Å²) in [7, 11) is 0. The summed E-state index contributed by atoms with van der Waals surface area (Å²) in [5.74, 6) is 0.693. The summed E-state index contributed by atoms with van der Waals surface area (Å²) < 4.78 is 46.2. The second kappa shape index (κ2) is 9.88. The average Bonchev–Trinajstić information content (AvgIpc) is 3.25. The van der Waals surface area contributed by atoms with E-state index in [4.69, 9.17) is 4.74 Å². The summed E-state index contributed by atoms with van der Waals surface area (Å²) in [6, 6.07) is 5.25. The van der Waals surface area contributed by atoms with E-state index in [1.165, 1.54) is 12.1 Å². The first-order valence-electron chi connectivity index (χ1n) is 11.9. The van der Waals surface area contributed by atoms with Gasteiger partial charge in [0, 0.05) is 30.1 Å². The van der Waals surface area contributed by atoms with Gasteiger partial charge in [-0.05, 0) is 26.3 Å². The van der Waals surface area contributed by atoms with Gasteiger partial charge >= 0.3 is 0 Å². The Bertz CT molecular complexity index is 1290. The third kappa shape index (κ3) is 4.79. The van der Waals surface area contributed by atoms with Gasteiger partial charge in [-0.1, -0.05) is 18.2 Å². The summed E-state index contributed by atoms with van der Waals surface area (Å²) in [6.45, 7) is 5.72. The monoisotopic (exact) mass is 500 g/mol. The van der Waals surface area contributed by atoms with E-state index in [1.807, 2.05) is 6.07 Å². The number of aromatic nitrogens is 3. The van der Waals surface area contributed by atoms with Gasteiger partial charge in [-0.15, -0.1) is 0 Å².